The van der Waals surface area contributed by atoms with Gasteiger partial charge in [0.15, 0.2) is 0 Å². The van der Waals surface area contributed by atoms with E-state index in [0.29, 0.717) is 66.0 Å². The van der Waals surface area contributed by atoms with E-state index in [1.54, 1.807) is 6.07 Å². The van der Waals surface area contributed by atoms with Gasteiger partial charge in [0.25, 0.3) is 0 Å². The maximum atomic E-state index is 15.4. The molecule has 8 nitrogen and oxygen atoms in total. The van der Waals surface area contributed by atoms with Gasteiger partial charge in [-0.1, -0.05) is 11.6 Å². The summed E-state index contributed by atoms with van der Waals surface area (Å²) in [6.07, 6.45) is 3.49. The molecule has 0 unspecified atom stereocenters. The lowest BCUT2D eigenvalue weighted by Gasteiger charge is -2.24. The van der Waals surface area contributed by atoms with E-state index >= 15 is 4.39 Å². The van der Waals surface area contributed by atoms with Gasteiger partial charge in [0.2, 0.25) is 11.8 Å². The molecule has 0 aliphatic carbocycles. The molecule has 34 heavy (non-hydrogen) atoms. The number of carbonyl (C=O) groups excluding carboxylic acids is 1. The first-order valence-electron chi connectivity index (χ1n) is 10.8. The Morgan fingerprint density at radius 3 is 2.88 bits per heavy atom. The fourth-order valence-corrected chi connectivity index (χ4v) is 4.60. The van der Waals surface area contributed by atoms with Crippen molar-refractivity contribution in [1.82, 2.24) is 15.3 Å². The molecule has 10 heteroatoms. The Labute approximate surface area is 199 Å². The number of hydrogen-bond donors (Lipinski definition) is 1. The van der Waals surface area contributed by atoms with Crippen LogP contribution in [0.5, 0.6) is 11.8 Å². The SMILES string of the molecule is Cc1c(-c2cc3cc(OC(=O)N[C@@H]4CCOC4)ncc3c(Cl)c2F)cnc2c1[C@H](C#N)CCO2. The second-order valence-corrected chi connectivity index (χ2v) is 8.60. The van der Waals surface area contributed by atoms with Crippen molar-refractivity contribution in [3.05, 3.63) is 46.5 Å². The van der Waals surface area contributed by atoms with E-state index < -0.39 is 11.9 Å². The van der Waals surface area contributed by atoms with Gasteiger partial charge in [-0.05, 0) is 30.4 Å². The van der Waals surface area contributed by atoms with Gasteiger partial charge < -0.3 is 19.5 Å². The molecular weight excluding hydrogens is 463 g/mol. The van der Waals surface area contributed by atoms with Crippen LogP contribution in [0.2, 0.25) is 5.02 Å². The average Bonchev–Trinajstić information content (AvgIpc) is 3.34. The number of hydrogen-bond acceptors (Lipinski definition) is 7. The number of fused-ring (bicyclic) bond motifs is 2. The maximum Gasteiger partial charge on any atom is 0.414 e. The van der Waals surface area contributed by atoms with Crippen LogP contribution in [0.25, 0.3) is 21.9 Å². The van der Waals surface area contributed by atoms with Gasteiger partial charge in [-0.25, -0.2) is 19.2 Å². The highest BCUT2D eigenvalue weighted by atomic mass is 35.5. The van der Waals surface area contributed by atoms with Crippen molar-refractivity contribution in [3.8, 4) is 29.0 Å². The Bertz CT molecular complexity index is 1340. The van der Waals surface area contributed by atoms with Gasteiger partial charge >= 0.3 is 6.09 Å². The number of rotatable bonds is 3. The molecule has 0 spiro atoms. The Balaban J connectivity index is 1.53. The zero-order chi connectivity index (χ0) is 23.8. The number of nitrogens with one attached hydrogen (secondary N) is 1. The Morgan fingerprint density at radius 2 is 2.12 bits per heavy atom. The fourth-order valence-electron chi connectivity index (χ4n) is 4.34. The molecule has 2 aliphatic rings. The number of nitrogens with zero attached hydrogens (tertiary/aromatic N) is 3. The summed E-state index contributed by atoms with van der Waals surface area (Å²) in [7, 11) is 0. The number of ether oxygens (including phenoxy) is 3. The summed E-state index contributed by atoms with van der Waals surface area (Å²) in [6.45, 7) is 3.24. The second kappa shape index (κ2) is 9.05. The van der Waals surface area contributed by atoms with Crippen LogP contribution < -0.4 is 14.8 Å². The van der Waals surface area contributed by atoms with Crippen molar-refractivity contribution in [2.45, 2.75) is 31.7 Å². The van der Waals surface area contributed by atoms with Gasteiger partial charge in [0.05, 0.1) is 36.3 Å². The van der Waals surface area contributed by atoms with Crippen LogP contribution in [0.1, 0.15) is 29.9 Å². The number of benzene rings is 1. The van der Waals surface area contributed by atoms with E-state index in [1.807, 2.05) is 6.92 Å². The van der Waals surface area contributed by atoms with E-state index in [1.165, 1.54) is 18.5 Å². The number of pyridine rings is 2. The second-order valence-electron chi connectivity index (χ2n) is 8.22. The molecule has 0 radical (unpaired) electrons. The molecule has 1 N–H and O–H groups in total. The summed E-state index contributed by atoms with van der Waals surface area (Å²) in [5.41, 5.74) is 2.09. The molecule has 1 amide bonds. The van der Waals surface area contributed by atoms with Crippen molar-refractivity contribution < 1.29 is 23.4 Å². The highest BCUT2D eigenvalue weighted by molar-refractivity contribution is 6.36. The van der Waals surface area contributed by atoms with Crippen LogP contribution in [-0.2, 0) is 4.74 Å². The minimum atomic E-state index is -0.645. The molecule has 1 aromatic carbocycles. The van der Waals surface area contributed by atoms with E-state index in [-0.39, 0.29) is 28.4 Å². The first-order chi connectivity index (χ1) is 16.5. The van der Waals surface area contributed by atoms with Gasteiger partial charge in [-0.2, -0.15) is 5.26 Å². The monoisotopic (exact) mass is 482 g/mol. The lowest BCUT2D eigenvalue weighted by molar-refractivity contribution is 0.177. The summed E-state index contributed by atoms with van der Waals surface area (Å²) in [6, 6.07) is 5.30. The molecule has 5 rings (SSSR count). The third-order valence-corrected chi connectivity index (χ3v) is 6.48. The van der Waals surface area contributed by atoms with Crippen LogP contribution >= 0.6 is 11.6 Å². The molecule has 0 saturated carbocycles. The maximum absolute atomic E-state index is 15.4. The fraction of sp³-hybridized carbons (Fsp3) is 0.333. The molecule has 2 aliphatic heterocycles. The van der Waals surface area contributed by atoms with Crippen LogP contribution in [0.15, 0.2) is 24.5 Å². The smallest absolute Gasteiger partial charge is 0.414 e. The number of halogens is 2. The quantitative estimate of drug-likeness (QED) is 0.578. The van der Waals surface area contributed by atoms with Gasteiger partial charge in [-0.3, -0.25) is 0 Å². The Hall–Kier alpha value is -3.48. The van der Waals surface area contributed by atoms with E-state index in [2.05, 4.69) is 21.4 Å². The van der Waals surface area contributed by atoms with Crippen LogP contribution in [0, 0.1) is 24.1 Å². The standard InChI is InChI=1S/C24H20ClFN4O4/c1-12-17(9-29-23-20(12)13(8-27)2-5-33-23)16-6-14-7-19(28-10-18(14)21(25)22(16)26)34-24(31)30-15-3-4-32-11-15/h6-7,9-10,13,15H,2-5,11H2,1H3,(H,30,31)/t13-,15+/m0/s1. The molecule has 3 aromatic rings. The highest BCUT2D eigenvalue weighted by Crippen LogP contribution is 2.41. The first kappa shape index (κ1) is 22.3. The van der Waals surface area contributed by atoms with Crippen LogP contribution in [-0.4, -0.2) is 41.9 Å². The van der Waals surface area contributed by atoms with Gasteiger partial charge in [0, 0.05) is 53.6 Å². The summed E-state index contributed by atoms with van der Waals surface area (Å²) in [5, 5.41) is 13.1. The summed E-state index contributed by atoms with van der Waals surface area (Å²) < 4.78 is 31.5. The predicted octanol–water partition coefficient (Wildman–Crippen LogP) is 4.66. The average molecular weight is 483 g/mol. The lowest BCUT2D eigenvalue weighted by atomic mass is 9.88. The van der Waals surface area contributed by atoms with Crippen molar-refractivity contribution >= 4 is 28.5 Å². The minimum Gasteiger partial charge on any atom is -0.477 e. The molecule has 1 saturated heterocycles. The van der Waals surface area contributed by atoms with Crippen LogP contribution in [0.4, 0.5) is 9.18 Å². The third kappa shape index (κ3) is 4.00. The van der Waals surface area contributed by atoms with Crippen molar-refractivity contribution in [3.63, 3.8) is 0 Å². The predicted molar refractivity (Wildman–Crippen MR) is 122 cm³/mol. The number of aromatic nitrogens is 2. The van der Waals surface area contributed by atoms with E-state index in [9.17, 15) is 10.1 Å². The normalized spacial score (nSPS) is 19.2. The molecule has 2 atom stereocenters. The number of amides is 1. The summed E-state index contributed by atoms with van der Waals surface area (Å²) >= 11 is 6.36. The third-order valence-electron chi connectivity index (χ3n) is 6.11. The molecule has 4 heterocycles. The topological polar surface area (TPSA) is 106 Å². The molecular formula is C24H20ClFN4O4. The Morgan fingerprint density at radius 1 is 1.26 bits per heavy atom. The largest absolute Gasteiger partial charge is 0.477 e. The number of nitriles is 1. The first-order valence-corrected chi connectivity index (χ1v) is 11.2. The zero-order valence-corrected chi connectivity index (χ0v) is 19.0. The van der Waals surface area contributed by atoms with Crippen molar-refractivity contribution in [2.24, 2.45) is 0 Å². The minimum absolute atomic E-state index is 0.0516. The summed E-state index contributed by atoms with van der Waals surface area (Å²) in [4.78, 5) is 20.6. The van der Waals surface area contributed by atoms with Gasteiger partial charge in [-0.15, -0.1) is 0 Å². The Kier molecular flexibility index (Phi) is 5.94. The van der Waals surface area contributed by atoms with Crippen LogP contribution in [0.3, 0.4) is 0 Å². The van der Waals surface area contributed by atoms with Gasteiger partial charge in [0.1, 0.15) is 5.82 Å². The lowest BCUT2D eigenvalue weighted by Crippen LogP contribution is -2.37. The highest BCUT2D eigenvalue weighted by Gasteiger charge is 2.27. The molecule has 174 valence electrons. The van der Waals surface area contributed by atoms with Crippen molar-refractivity contribution in [1.29, 1.82) is 5.26 Å². The molecule has 2 aromatic heterocycles. The van der Waals surface area contributed by atoms with Crippen molar-refractivity contribution in [2.75, 3.05) is 19.8 Å². The molecule has 1 fully saturated rings. The summed E-state index contributed by atoms with van der Waals surface area (Å²) in [5.74, 6) is -0.567. The van der Waals surface area contributed by atoms with E-state index in [4.69, 9.17) is 25.8 Å². The van der Waals surface area contributed by atoms with E-state index in [0.717, 1.165) is 0 Å². The zero-order valence-electron chi connectivity index (χ0n) is 18.2. The molecule has 0 bridgehead atoms. The number of carbonyl (C=O) groups is 1.